The van der Waals surface area contributed by atoms with Gasteiger partial charge in [-0.3, -0.25) is 4.79 Å². The van der Waals surface area contributed by atoms with Crippen molar-refractivity contribution in [3.05, 3.63) is 65.2 Å². The lowest BCUT2D eigenvalue weighted by atomic mass is 9.47. The van der Waals surface area contributed by atoms with Crippen LogP contribution in [-0.2, 0) is 10.2 Å². The van der Waals surface area contributed by atoms with Gasteiger partial charge in [0.1, 0.15) is 17.4 Å². The van der Waals surface area contributed by atoms with E-state index in [0.29, 0.717) is 5.69 Å². The van der Waals surface area contributed by atoms with Crippen molar-refractivity contribution in [3.63, 3.8) is 0 Å². The molecule has 4 saturated carbocycles. The van der Waals surface area contributed by atoms with E-state index in [1.54, 1.807) is 25.3 Å². The first-order valence-corrected chi connectivity index (χ1v) is 11.6. The molecular weight excluding hydrogens is 420 g/mol. The highest BCUT2D eigenvalue weighted by atomic mass is 35.5. The molecule has 0 saturated heterocycles. The van der Waals surface area contributed by atoms with Crippen LogP contribution in [0.25, 0.3) is 6.08 Å². The van der Waals surface area contributed by atoms with Gasteiger partial charge in [0.2, 0.25) is 0 Å². The van der Waals surface area contributed by atoms with Crippen molar-refractivity contribution in [2.75, 3.05) is 12.4 Å². The zero-order valence-electron chi connectivity index (χ0n) is 18.2. The molecule has 4 fully saturated rings. The van der Waals surface area contributed by atoms with E-state index in [1.807, 2.05) is 30.3 Å². The number of alkyl halides is 1. The van der Waals surface area contributed by atoms with Crippen LogP contribution in [0.1, 0.15) is 49.7 Å². The summed E-state index contributed by atoms with van der Waals surface area (Å²) in [5, 5.41) is 12.3. The quantitative estimate of drug-likeness (QED) is 0.344. The highest BCUT2D eigenvalue weighted by Crippen LogP contribution is 2.64. The summed E-state index contributed by atoms with van der Waals surface area (Å²) in [6.45, 7) is 0. The van der Waals surface area contributed by atoms with Gasteiger partial charge >= 0.3 is 0 Å². The highest BCUT2D eigenvalue weighted by molar-refractivity contribution is 6.24. The Balaban J connectivity index is 1.31. The molecule has 1 N–H and O–H groups in total. The summed E-state index contributed by atoms with van der Waals surface area (Å²) in [5.74, 6) is 1.80. The lowest BCUT2D eigenvalue weighted by Crippen LogP contribution is -2.55. The maximum absolute atomic E-state index is 12.7. The third-order valence-corrected chi connectivity index (χ3v) is 7.98. The second kappa shape index (κ2) is 7.98. The van der Waals surface area contributed by atoms with Crippen LogP contribution in [0.2, 0.25) is 0 Å². The minimum atomic E-state index is -0.411. The third-order valence-electron chi connectivity index (χ3n) is 7.54. The second-order valence-electron chi connectivity index (χ2n) is 9.87. The molecule has 32 heavy (non-hydrogen) atoms. The molecule has 164 valence electrons. The van der Waals surface area contributed by atoms with Gasteiger partial charge < -0.3 is 10.1 Å². The molecule has 4 bridgehead atoms. The van der Waals surface area contributed by atoms with Crippen molar-refractivity contribution >= 4 is 29.3 Å². The number of rotatable bonds is 5. The monoisotopic (exact) mass is 446 g/mol. The third kappa shape index (κ3) is 3.91. The van der Waals surface area contributed by atoms with E-state index in [1.165, 1.54) is 37.7 Å². The molecule has 4 aliphatic rings. The summed E-state index contributed by atoms with van der Waals surface area (Å²) in [6.07, 6.45) is 8.76. The number of ether oxygens (including phenoxy) is 1. The molecule has 0 aromatic heterocycles. The fourth-order valence-corrected chi connectivity index (χ4v) is 7.30. The number of carbonyl (C=O) groups excluding carboxylic acids is 1. The van der Waals surface area contributed by atoms with E-state index in [9.17, 15) is 10.1 Å². The molecule has 5 heteroatoms. The van der Waals surface area contributed by atoms with E-state index < -0.39 is 5.91 Å². The van der Waals surface area contributed by atoms with Crippen molar-refractivity contribution in [1.82, 2.24) is 0 Å². The van der Waals surface area contributed by atoms with E-state index >= 15 is 0 Å². The number of benzene rings is 2. The van der Waals surface area contributed by atoms with E-state index in [2.05, 4.69) is 17.4 Å². The molecule has 2 atom stereocenters. The minimum Gasteiger partial charge on any atom is -0.497 e. The van der Waals surface area contributed by atoms with Crippen LogP contribution >= 0.6 is 11.6 Å². The molecular formula is C27H27ClN2O2. The van der Waals surface area contributed by atoms with Crippen LogP contribution in [0.15, 0.2) is 54.1 Å². The Morgan fingerprint density at radius 2 is 1.75 bits per heavy atom. The van der Waals surface area contributed by atoms with Crippen LogP contribution in [-0.4, -0.2) is 17.9 Å². The molecule has 2 aromatic rings. The van der Waals surface area contributed by atoms with Crippen LogP contribution < -0.4 is 10.1 Å². The van der Waals surface area contributed by atoms with Gasteiger partial charge in [0.25, 0.3) is 5.91 Å². The van der Waals surface area contributed by atoms with E-state index in [0.717, 1.165) is 29.6 Å². The molecule has 6 rings (SSSR count). The maximum atomic E-state index is 12.7. The Kier molecular flexibility index (Phi) is 5.26. The van der Waals surface area contributed by atoms with Gasteiger partial charge in [0, 0.05) is 10.6 Å². The van der Waals surface area contributed by atoms with Gasteiger partial charge in [0.05, 0.1) is 7.11 Å². The second-order valence-corrected chi connectivity index (χ2v) is 10.7. The number of methoxy groups -OCH3 is 1. The fraction of sp³-hybridized carbons (Fsp3) is 0.407. The van der Waals surface area contributed by atoms with Crippen molar-refractivity contribution < 1.29 is 9.53 Å². The molecule has 4 nitrogen and oxygen atoms in total. The summed E-state index contributed by atoms with van der Waals surface area (Å²) in [5.41, 5.74) is 3.04. The van der Waals surface area contributed by atoms with Crippen molar-refractivity contribution in [2.24, 2.45) is 11.8 Å². The normalized spacial score (nSPS) is 30.6. The van der Waals surface area contributed by atoms with E-state index in [4.69, 9.17) is 16.3 Å². The van der Waals surface area contributed by atoms with Crippen molar-refractivity contribution in [1.29, 1.82) is 5.26 Å². The van der Waals surface area contributed by atoms with Gasteiger partial charge in [-0.15, -0.1) is 11.6 Å². The molecule has 0 spiro atoms. The number of hydrogen-bond acceptors (Lipinski definition) is 3. The first kappa shape index (κ1) is 21.1. The van der Waals surface area contributed by atoms with Crippen LogP contribution in [0.4, 0.5) is 5.69 Å². The number of carbonyl (C=O) groups is 1. The smallest absolute Gasteiger partial charge is 0.266 e. The van der Waals surface area contributed by atoms with Crippen molar-refractivity contribution in [3.8, 4) is 11.8 Å². The number of nitrogens with zero attached hydrogens (tertiary/aromatic N) is 1. The average molecular weight is 447 g/mol. The molecule has 0 radical (unpaired) electrons. The Bertz CT molecular complexity index is 1080. The van der Waals surface area contributed by atoms with Gasteiger partial charge in [-0.2, -0.15) is 5.26 Å². The number of halogens is 1. The number of nitriles is 1. The number of nitrogens with one attached hydrogen (secondary N) is 1. The summed E-state index contributed by atoms with van der Waals surface area (Å²) in [4.78, 5) is 12.7. The Hall–Kier alpha value is -2.77. The van der Waals surface area contributed by atoms with Gasteiger partial charge in [-0.25, -0.2) is 0 Å². The number of amides is 1. The maximum Gasteiger partial charge on any atom is 0.266 e. The molecule has 0 heterocycles. The minimum absolute atomic E-state index is 0.0229. The zero-order valence-corrected chi connectivity index (χ0v) is 19.0. The number of hydrogen-bond donors (Lipinski definition) is 1. The van der Waals surface area contributed by atoms with Gasteiger partial charge in [0.15, 0.2) is 0 Å². The molecule has 4 aliphatic carbocycles. The predicted molar refractivity (Wildman–Crippen MR) is 127 cm³/mol. The van der Waals surface area contributed by atoms with Crippen LogP contribution in [0.5, 0.6) is 5.75 Å². The molecule has 0 unspecified atom stereocenters. The summed E-state index contributed by atoms with van der Waals surface area (Å²) in [6, 6.07) is 17.4. The molecule has 2 aromatic carbocycles. The summed E-state index contributed by atoms with van der Waals surface area (Å²) in [7, 11) is 1.60. The fourth-order valence-electron chi connectivity index (χ4n) is 6.61. The van der Waals surface area contributed by atoms with Crippen molar-refractivity contribution in [2.45, 2.75) is 48.8 Å². The van der Waals surface area contributed by atoms with Gasteiger partial charge in [-0.05, 0) is 97.2 Å². The summed E-state index contributed by atoms with van der Waals surface area (Å²) < 4.78 is 5.15. The van der Waals surface area contributed by atoms with Crippen LogP contribution in [0.3, 0.4) is 0 Å². The standard InChI is InChI=1S/C27H27ClN2O2/c1-32-24-8-2-18(3-9-24)11-21(16-29)25(31)30-23-6-4-22(5-7-23)26-12-19-10-20(13-26)15-27(28,14-19)17-26/h2-9,11,19-20H,10,12-15,17H2,1H3,(H,30,31)/b21-11+/t19-,20-,26?,27?/m0/s1. The largest absolute Gasteiger partial charge is 0.497 e. The molecule has 1 amide bonds. The Morgan fingerprint density at radius 1 is 1.09 bits per heavy atom. The number of anilines is 1. The van der Waals surface area contributed by atoms with Crippen LogP contribution in [0, 0.1) is 23.2 Å². The zero-order chi connectivity index (χ0) is 22.3. The lowest BCUT2D eigenvalue weighted by molar-refractivity contribution is -0.112. The molecule has 0 aliphatic heterocycles. The highest BCUT2D eigenvalue weighted by Gasteiger charge is 2.57. The Morgan fingerprint density at radius 3 is 2.31 bits per heavy atom. The topological polar surface area (TPSA) is 62.1 Å². The lowest BCUT2D eigenvalue weighted by Gasteiger charge is -2.60. The first-order valence-electron chi connectivity index (χ1n) is 11.3. The SMILES string of the molecule is COc1ccc(/C=C(\C#N)C(=O)Nc2ccc(C34C[C@@H]5C[C@H](CC(Cl)(C5)C3)C4)cc2)cc1. The first-order chi connectivity index (χ1) is 15.4. The van der Waals surface area contributed by atoms with Gasteiger partial charge in [-0.1, -0.05) is 24.3 Å². The predicted octanol–water partition coefficient (Wildman–Crippen LogP) is 6.07. The average Bonchev–Trinajstić information content (AvgIpc) is 2.76. The Labute approximate surface area is 194 Å². The van der Waals surface area contributed by atoms with E-state index in [-0.39, 0.29) is 15.9 Å². The summed E-state index contributed by atoms with van der Waals surface area (Å²) >= 11 is 7.00.